The largest absolute Gasteiger partial charge is 1.00 e. The van der Waals surface area contributed by atoms with Gasteiger partial charge in [0, 0.05) is 5.75 Å². The number of carbonyl (C=O) groups is 1. The van der Waals surface area contributed by atoms with Crippen molar-refractivity contribution in [1.82, 2.24) is 0 Å². The zero-order valence-electron chi connectivity index (χ0n) is 8.68. The maximum Gasteiger partial charge on any atom is 1.00 e. The van der Waals surface area contributed by atoms with Crippen LogP contribution in [0.3, 0.4) is 0 Å². The predicted molar refractivity (Wildman–Crippen MR) is 56.8 cm³/mol. The maximum atomic E-state index is 10.8. The Kier molecular flexibility index (Phi) is 7.32. The Morgan fingerprint density at radius 3 is 2.53 bits per heavy atom. The van der Waals surface area contributed by atoms with Crippen LogP contribution in [0.2, 0.25) is 0 Å². The molecule has 74 valence electrons. The molecule has 0 bridgehead atoms. The zero-order valence-corrected chi connectivity index (χ0v) is 9.50. The number of rotatable bonds is 5. The van der Waals surface area contributed by atoms with Crippen LogP contribution in [0, 0.1) is 0 Å². The SMILES string of the molecule is C=CCS[C@H](C(=O)[O-])c1ccccc1.[Li+]. The van der Waals surface area contributed by atoms with Crippen LogP contribution < -0.4 is 24.0 Å². The van der Waals surface area contributed by atoms with Crippen LogP contribution in [0.15, 0.2) is 43.0 Å². The van der Waals surface area contributed by atoms with Gasteiger partial charge in [-0.15, -0.1) is 18.3 Å². The topological polar surface area (TPSA) is 40.1 Å². The minimum Gasteiger partial charge on any atom is -0.549 e. The van der Waals surface area contributed by atoms with E-state index in [1.165, 1.54) is 11.8 Å². The number of carbonyl (C=O) groups excluding carboxylic acids is 1. The first-order valence-electron chi connectivity index (χ1n) is 4.24. The van der Waals surface area contributed by atoms with E-state index >= 15 is 0 Å². The van der Waals surface area contributed by atoms with Crippen LogP contribution in [0.5, 0.6) is 0 Å². The van der Waals surface area contributed by atoms with Crippen molar-refractivity contribution in [3.8, 4) is 0 Å². The van der Waals surface area contributed by atoms with Crippen molar-refractivity contribution in [2.75, 3.05) is 5.75 Å². The molecule has 0 spiro atoms. The Morgan fingerprint density at radius 1 is 1.47 bits per heavy atom. The van der Waals surface area contributed by atoms with Crippen LogP contribution >= 0.6 is 11.8 Å². The quantitative estimate of drug-likeness (QED) is 0.438. The number of thioether (sulfide) groups is 1. The molecule has 0 aliphatic heterocycles. The van der Waals surface area contributed by atoms with Gasteiger partial charge in [-0.2, -0.15) is 0 Å². The van der Waals surface area contributed by atoms with Crippen molar-refractivity contribution in [1.29, 1.82) is 0 Å². The van der Waals surface area contributed by atoms with Crippen molar-refractivity contribution in [3.05, 3.63) is 48.6 Å². The number of aliphatic carboxylic acids is 1. The summed E-state index contributed by atoms with van der Waals surface area (Å²) >= 11 is 1.30. The van der Waals surface area contributed by atoms with Gasteiger partial charge in [-0.25, -0.2) is 0 Å². The molecule has 0 aromatic heterocycles. The third kappa shape index (κ3) is 4.61. The Bertz CT molecular complexity index is 314. The fourth-order valence-corrected chi connectivity index (χ4v) is 1.91. The molecule has 2 nitrogen and oxygen atoms in total. The van der Waals surface area contributed by atoms with E-state index in [1.807, 2.05) is 18.2 Å². The van der Waals surface area contributed by atoms with Gasteiger partial charge in [-0.1, -0.05) is 36.4 Å². The molecule has 0 saturated heterocycles. The zero-order chi connectivity index (χ0) is 10.4. The molecular weight excluding hydrogens is 203 g/mol. The molecule has 1 aromatic rings. The fraction of sp³-hybridized carbons (Fsp3) is 0.182. The number of carboxylic acid groups (broad SMARTS) is 1. The monoisotopic (exact) mass is 214 g/mol. The molecule has 0 heterocycles. The van der Waals surface area contributed by atoms with Crippen molar-refractivity contribution in [2.45, 2.75) is 5.25 Å². The van der Waals surface area contributed by atoms with E-state index in [0.717, 1.165) is 5.56 Å². The number of carboxylic acids is 1. The first kappa shape index (κ1) is 14.4. The molecule has 1 rings (SSSR count). The molecule has 0 N–H and O–H groups in total. The molecule has 4 heteroatoms. The van der Waals surface area contributed by atoms with Gasteiger partial charge >= 0.3 is 18.9 Å². The molecule has 0 amide bonds. The van der Waals surface area contributed by atoms with E-state index in [4.69, 9.17) is 0 Å². The van der Waals surface area contributed by atoms with Gasteiger partial charge < -0.3 is 9.90 Å². The average molecular weight is 214 g/mol. The molecular formula is C11H11LiO2S. The molecule has 0 aliphatic carbocycles. The van der Waals surface area contributed by atoms with Crippen molar-refractivity contribution >= 4 is 17.7 Å². The minimum absolute atomic E-state index is 0. The Morgan fingerprint density at radius 2 is 2.07 bits per heavy atom. The van der Waals surface area contributed by atoms with Gasteiger partial charge in [0.2, 0.25) is 0 Å². The second kappa shape index (κ2) is 7.64. The van der Waals surface area contributed by atoms with Gasteiger partial charge in [0.15, 0.2) is 0 Å². The average Bonchev–Trinajstić information content (AvgIpc) is 2.19. The van der Waals surface area contributed by atoms with Gasteiger partial charge in [-0.05, 0) is 5.56 Å². The van der Waals surface area contributed by atoms with Crippen LogP contribution in [0.4, 0.5) is 0 Å². The summed E-state index contributed by atoms with van der Waals surface area (Å²) < 4.78 is 0. The van der Waals surface area contributed by atoms with Crippen molar-refractivity contribution < 1.29 is 28.8 Å². The van der Waals surface area contributed by atoms with Crippen molar-refractivity contribution in [2.24, 2.45) is 0 Å². The summed E-state index contributed by atoms with van der Waals surface area (Å²) in [4.78, 5) is 10.8. The first-order valence-corrected chi connectivity index (χ1v) is 5.29. The standard InChI is InChI=1S/C11H12O2S.Li/c1-2-8-14-10(11(12)13)9-6-4-3-5-7-9;/h2-7,10H,1,8H2,(H,12,13);/q;+1/p-1/t10-;/m0./s1. The summed E-state index contributed by atoms with van der Waals surface area (Å²) in [6.45, 7) is 3.55. The summed E-state index contributed by atoms with van der Waals surface area (Å²) in [7, 11) is 0. The number of hydrogen-bond donors (Lipinski definition) is 0. The van der Waals surface area contributed by atoms with Gasteiger partial charge in [0.1, 0.15) is 0 Å². The minimum atomic E-state index is -1.05. The molecule has 0 radical (unpaired) electrons. The Labute approximate surface area is 106 Å². The van der Waals surface area contributed by atoms with Crippen LogP contribution in [-0.2, 0) is 4.79 Å². The van der Waals surface area contributed by atoms with E-state index in [9.17, 15) is 9.90 Å². The third-order valence-corrected chi connectivity index (χ3v) is 2.92. The summed E-state index contributed by atoms with van der Waals surface area (Å²) in [6, 6.07) is 9.07. The Hall–Kier alpha value is -0.623. The molecule has 1 atom stereocenters. The maximum absolute atomic E-state index is 10.8. The molecule has 0 unspecified atom stereocenters. The third-order valence-electron chi connectivity index (χ3n) is 1.70. The van der Waals surface area contributed by atoms with Crippen LogP contribution in [0.1, 0.15) is 10.8 Å². The predicted octanol–water partition coefficient (Wildman–Crippen LogP) is -1.60. The molecule has 15 heavy (non-hydrogen) atoms. The van der Waals surface area contributed by atoms with Gasteiger partial charge in [0.25, 0.3) is 0 Å². The van der Waals surface area contributed by atoms with E-state index in [-0.39, 0.29) is 18.9 Å². The summed E-state index contributed by atoms with van der Waals surface area (Å²) in [6.07, 6.45) is 1.68. The summed E-state index contributed by atoms with van der Waals surface area (Å²) in [5.74, 6) is -0.448. The first-order chi connectivity index (χ1) is 6.75. The molecule has 0 fully saturated rings. The number of hydrogen-bond acceptors (Lipinski definition) is 3. The molecule has 1 aromatic carbocycles. The van der Waals surface area contributed by atoms with Gasteiger partial charge in [-0.3, -0.25) is 0 Å². The molecule has 0 aliphatic rings. The van der Waals surface area contributed by atoms with Crippen LogP contribution in [-0.4, -0.2) is 11.7 Å². The summed E-state index contributed by atoms with van der Waals surface area (Å²) in [5.41, 5.74) is 0.763. The van der Waals surface area contributed by atoms with E-state index < -0.39 is 11.2 Å². The van der Waals surface area contributed by atoms with E-state index in [2.05, 4.69) is 6.58 Å². The van der Waals surface area contributed by atoms with E-state index in [1.54, 1.807) is 18.2 Å². The van der Waals surface area contributed by atoms with Gasteiger partial charge in [0.05, 0.1) is 11.2 Å². The van der Waals surface area contributed by atoms with Crippen LogP contribution in [0.25, 0.3) is 0 Å². The fourth-order valence-electron chi connectivity index (χ4n) is 1.09. The second-order valence-electron chi connectivity index (χ2n) is 2.73. The normalized spacial score (nSPS) is 11.2. The summed E-state index contributed by atoms with van der Waals surface area (Å²) in [5, 5.41) is 10.2. The number of benzene rings is 1. The Balaban J connectivity index is 0.00000196. The molecule has 0 saturated carbocycles. The second-order valence-corrected chi connectivity index (χ2v) is 3.87. The van der Waals surface area contributed by atoms with Crippen molar-refractivity contribution in [3.63, 3.8) is 0 Å². The van der Waals surface area contributed by atoms with E-state index in [0.29, 0.717) is 5.75 Å². The smallest absolute Gasteiger partial charge is 0.549 e.